The molecule has 0 saturated carbocycles. The second-order valence-electron chi connectivity index (χ2n) is 9.18. The molecule has 0 aromatic heterocycles. The molecule has 0 spiro atoms. The highest BCUT2D eigenvalue weighted by Crippen LogP contribution is 2.34. The molecule has 3 aromatic carbocycles. The minimum atomic E-state index is -0.211. The summed E-state index contributed by atoms with van der Waals surface area (Å²) in [6.07, 6.45) is 1.52. The Morgan fingerprint density at radius 2 is 1.59 bits per heavy atom. The molecule has 2 atom stereocenters. The standard InChI is InChI=1S/C29H33N3O2/c1-22-10-9-15-25(18-22)27-17-16-26(28(33)31(2)20-24-13-7-4-8-14-24)21-32(27)29(34)30-19-23-11-5-3-6-12-23/h3-15,18,26-27H,16-17,19-21H2,1-2H3,(H,30,34). The first-order chi connectivity index (χ1) is 16.5. The van der Waals surface area contributed by atoms with Crippen molar-refractivity contribution in [1.82, 2.24) is 15.1 Å². The molecular weight excluding hydrogens is 422 g/mol. The van der Waals surface area contributed by atoms with Gasteiger partial charge in [-0.1, -0.05) is 90.5 Å². The lowest BCUT2D eigenvalue weighted by Crippen LogP contribution is -2.50. The summed E-state index contributed by atoms with van der Waals surface area (Å²) in [6, 6.07) is 28.1. The number of aryl methyl sites for hydroxylation is 1. The zero-order valence-corrected chi connectivity index (χ0v) is 20.0. The van der Waals surface area contributed by atoms with Crippen LogP contribution in [-0.2, 0) is 17.9 Å². The number of piperidine rings is 1. The molecule has 1 fully saturated rings. The Morgan fingerprint density at radius 3 is 2.26 bits per heavy atom. The van der Waals surface area contributed by atoms with E-state index in [9.17, 15) is 9.59 Å². The molecule has 5 heteroatoms. The van der Waals surface area contributed by atoms with Crippen LogP contribution in [0.15, 0.2) is 84.9 Å². The monoisotopic (exact) mass is 455 g/mol. The predicted octanol–water partition coefficient (Wildman–Crippen LogP) is 5.32. The Hall–Kier alpha value is -3.60. The molecule has 1 aliphatic heterocycles. The van der Waals surface area contributed by atoms with Crippen LogP contribution in [0.4, 0.5) is 4.79 Å². The van der Waals surface area contributed by atoms with Gasteiger partial charge < -0.3 is 15.1 Å². The molecule has 0 aliphatic carbocycles. The number of benzene rings is 3. The van der Waals surface area contributed by atoms with Crippen LogP contribution < -0.4 is 5.32 Å². The molecule has 1 N–H and O–H groups in total. The van der Waals surface area contributed by atoms with Crippen molar-refractivity contribution in [3.05, 3.63) is 107 Å². The van der Waals surface area contributed by atoms with Crippen LogP contribution in [0, 0.1) is 12.8 Å². The van der Waals surface area contributed by atoms with Crippen LogP contribution in [0.5, 0.6) is 0 Å². The number of nitrogens with zero attached hydrogens (tertiary/aromatic N) is 2. The van der Waals surface area contributed by atoms with Gasteiger partial charge in [0.1, 0.15) is 0 Å². The van der Waals surface area contributed by atoms with Crippen LogP contribution in [0.2, 0.25) is 0 Å². The first kappa shape index (κ1) is 23.6. The highest BCUT2D eigenvalue weighted by Gasteiger charge is 2.36. The van der Waals surface area contributed by atoms with E-state index < -0.39 is 0 Å². The molecule has 1 heterocycles. The molecule has 34 heavy (non-hydrogen) atoms. The maximum atomic E-state index is 13.4. The maximum Gasteiger partial charge on any atom is 0.318 e. The molecule has 4 rings (SSSR count). The van der Waals surface area contributed by atoms with Crippen molar-refractivity contribution >= 4 is 11.9 Å². The molecule has 1 aliphatic rings. The van der Waals surface area contributed by atoms with Crippen LogP contribution in [0.1, 0.15) is 41.1 Å². The van der Waals surface area contributed by atoms with Gasteiger partial charge >= 0.3 is 6.03 Å². The highest BCUT2D eigenvalue weighted by molar-refractivity contribution is 5.81. The molecule has 0 radical (unpaired) electrons. The summed E-state index contributed by atoms with van der Waals surface area (Å²) >= 11 is 0. The summed E-state index contributed by atoms with van der Waals surface area (Å²) in [4.78, 5) is 30.3. The third-order valence-corrected chi connectivity index (χ3v) is 6.54. The highest BCUT2D eigenvalue weighted by atomic mass is 16.2. The average molecular weight is 456 g/mol. The van der Waals surface area contributed by atoms with E-state index in [2.05, 4.69) is 30.4 Å². The van der Waals surface area contributed by atoms with Crippen LogP contribution in [0.3, 0.4) is 0 Å². The average Bonchev–Trinajstić information content (AvgIpc) is 2.87. The van der Waals surface area contributed by atoms with Crippen molar-refractivity contribution in [3.8, 4) is 0 Å². The Balaban J connectivity index is 1.49. The number of carbonyl (C=O) groups excluding carboxylic acids is 2. The van der Waals surface area contributed by atoms with Gasteiger partial charge in [-0.15, -0.1) is 0 Å². The van der Waals surface area contributed by atoms with Gasteiger partial charge in [-0.2, -0.15) is 0 Å². The molecule has 2 unspecified atom stereocenters. The van der Waals surface area contributed by atoms with Crippen LogP contribution in [0.25, 0.3) is 0 Å². The van der Waals surface area contributed by atoms with E-state index in [1.807, 2.05) is 78.7 Å². The lowest BCUT2D eigenvalue weighted by atomic mass is 9.88. The van der Waals surface area contributed by atoms with Crippen LogP contribution in [-0.4, -0.2) is 35.3 Å². The largest absolute Gasteiger partial charge is 0.341 e. The number of hydrogen-bond acceptors (Lipinski definition) is 2. The number of nitrogens with one attached hydrogen (secondary N) is 1. The van der Waals surface area contributed by atoms with Crippen molar-refractivity contribution in [3.63, 3.8) is 0 Å². The zero-order valence-electron chi connectivity index (χ0n) is 20.0. The van der Waals surface area contributed by atoms with E-state index in [0.29, 0.717) is 19.6 Å². The summed E-state index contributed by atoms with van der Waals surface area (Å²) in [5.41, 5.74) is 4.45. The SMILES string of the molecule is Cc1cccc(C2CCC(C(=O)N(C)Cc3ccccc3)CN2C(=O)NCc2ccccc2)c1. The van der Waals surface area contributed by atoms with E-state index in [4.69, 9.17) is 0 Å². The molecule has 3 aromatic rings. The Labute approximate surface area is 202 Å². The normalized spacial score (nSPS) is 17.8. The summed E-state index contributed by atoms with van der Waals surface area (Å²) < 4.78 is 0. The second kappa shape index (κ2) is 11.0. The minimum absolute atomic E-state index is 0.0425. The number of rotatable bonds is 6. The predicted molar refractivity (Wildman–Crippen MR) is 135 cm³/mol. The van der Waals surface area contributed by atoms with Crippen LogP contribution >= 0.6 is 0 Å². The van der Waals surface area contributed by atoms with Gasteiger partial charge in [0.15, 0.2) is 0 Å². The third-order valence-electron chi connectivity index (χ3n) is 6.54. The quantitative estimate of drug-likeness (QED) is 0.547. The molecule has 5 nitrogen and oxygen atoms in total. The van der Waals surface area contributed by atoms with E-state index in [0.717, 1.165) is 29.5 Å². The number of urea groups is 1. The van der Waals surface area contributed by atoms with E-state index in [-0.39, 0.29) is 23.9 Å². The Morgan fingerprint density at radius 1 is 0.912 bits per heavy atom. The molecule has 1 saturated heterocycles. The third kappa shape index (κ3) is 5.84. The lowest BCUT2D eigenvalue weighted by molar-refractivity contribution is -0.136. The zero-order chi connectivity index (χ0) is 23.9. The first-order valence-corrected chi connectivity index (χ1v) is 11.9. The Kier molecular flexibility index (Phi) is 7.63. The number of carbonyl (C=O) groups is 2. The number of likely N-dealkylation sites (tertiary alicyclic amines) is 1. The fraction of sp³-hybridized carbons (Fsp3) is 0.310. The summed E-state index contributed by atoms with van der Waals surface area (Å²) in [7, 11) is 1.85. The Bertz CT molecular complexity index is 1100. The van der Waals surface area contributed by atoms with E-state index in [1.54, 1.807) is 4.90 Å². The van der Waals surface area contributed by atoms with E-state index >= 15 is 0 Å². The van der Waals surface area contributed by atoms with Crippen molar-refractivity contribution < 1.29 is 9.59 Å². The summed E-state index contributed by atoms with van der Waals surface area (Å²) in [5.74, 6) is -0.121. The second-order valence-corrected chi connectivity index (χ2v) is 9.18. The fourth-order valence-corrected chi connectivity index (χ4v) is 4.74. The van der Waals surface area contributed by atoms with Gasteiger partial charge in [-0.3, -0.25) is 4.79 Å². The molecule has 176 valence electrons. The summed E-state index contributed by atoms with van der Waals surface area (Å²) in [6.45, 7) is 3.51. The first-order valence-electron chi connectivity index (χ1n) is 11.9. The van der Waals surface area contributed by atoms with Gasteiger partial charge in [0, 0.05) is 26.7 Å². The topological polar surface area (TPSA) is 52.7 Å². The molecule has 3 amide bonds. The van der Waals surface area contributed by atoms with Gasteiger partial charge in [-0.05, 0) is 36.5 Å². The number of amides is 3. The van der Waals surface area contributed by atoms with Crippen molar-refractivity contribution in [2.24, 2.45) is 5.92 Å². The van der Waals surface area contributed by atoms with E-state index in [1.165, 1.54) is 5.56 Å². The van der Waals surface area contributed by atoms with Gasteiger partial charge in [0.05, 0.1) is 12.0 Å². The van der Waals surface area contributed by atoms with Crippen molar-refractivity contribution in [2.45, 2.75) is 38.9 Å². The fourth-order valence-electron chi connectivity index (χ4n) is 4.74. The van der Waals surface area contributed by atoms with Gasteiger partial charge in [0.2, 0.25) is 5.91 Å². The molecule has 0 bridgehead atoms. The smallest absolute Gasteiger partial charge is 0.318 e. The molecular formula is C29H33N3O2. The lowest BCUT2D eigenvalue weighted by Gasteiger charge is -2.40. The van der Waals surface area contributed by atoms with Gasteiger partial charge in [-0.25, -0.2) is 4.79 Å². The van der Waals surface area contributed by atoms with Crippen molar-refractivity contribution in [2.75, 3.05) is 13.6 Å². The maximum absolute atomic E-state index is 13.4. The summed E-state index contributed by atoms with van der Waals surface area (Å²) in [5, 5.41) is 3.07. The van der Waals surface area contributed by atoms with Crippen molar-refractivity contribution in [1.29, 1.82) is 0 Å². The van der Waals surface area contributed by atoms with Gasteiger partial charge in [0.25, 0.3) is 0 Å². The minimum Gasteiger partial charge on any atom is -0.341 e. The number of hydrogen-bond donors (Lipinski definition) is 1.